The van der Waals surface area contributed by atoms with Gasteiger partial charge in [-0.15, -0.1) is 0 Å². The van der Waals surface area contributed by atoms with E-state index in [0.29, 0.717) is 24.7 Å². The first kappa shape index (κ1) is 22.0. The van der Waals surface area contributed by atoms with Gasteiger partial charge in [0.25, 0.3) is 5.91 Å². The van der Waals surface area contributed by atoms with E-state index in [9.17, 15) is 9.59 Å². The van der Waals surface area contributed by atoms with Crippen molar-refractivity contribution in [2.75, 3.05) is 14.2 Å². The lowest BCUT2D eigenvalue weighted by atomic mass is 10.1. The van der Waals surface area contributed by atoms with E-state index in [-0.39, 0.29) is 11.7 Å². The Balaban J connectivity index is 1.59. The third-order valence-electron chi connectivity index (χ3n) is 4.72. The Morgan fingerprint density at radius 3 is 2.48 bits per heavy atom. The van der Waals surface area contributed by atoms with Gasteiger partial charge in [0, 0.05) is 13.6 Å². The third-order valence-corrected chi connectivity index (χ3v) is 4.72. The molecule has 2 aromatic carbocycles. The lowest BCUT2D eigenvalue weighted by Gasteiger charge is -2.22. The van der Waals surface area contributed by atoms with Crippen LogP contribution in [0.3, 0.4) is 0 Å². The van der Waals surface area contributed by atoms with E-state index in [1.54, 1.807) is 38.1 Å². The van der Waals surface area contributed by atoms with Gasteiger partial charge < -0.3 is 24.1 Å². The molecule has 0 bridgehead atoms. The number of carbonyl (C=O) groups is 2. The van der Waals surface area contributed by atoms with Crippen LogP contribution in [-0.2, 0) is 17.9 Å². The summed E-state index contributed by atoms with van der Waals surface area (Å²) in [5, 5.41) is 2.64. The van der Waals surface area contributed by atoms with E-state index in [1.807, 2.05) is 48.5 Å². The van der Waals surface area contributed by atoms with E-state index in [4.69, 9.17) is 13.9 Å². The van der Waals surface area contributed by atoms with Crippen molar-refractivity contribution in [3.05, 3.63) is 83.8 Å². The van der Waals surface area contributed by atoms with Crippen LogP contribution >= 0.6 is 0 Å². The number of furan rings is 1. The Morgan fingerprint density at radius 2 is 1.81 bits per heavy atom. The fourth-order valence-electron chi connectivity index (χ4n) is 3.08. The third kappa shape index (κ3) is 5.88. The second-order valence-electron chi connectivity index (χ2n) is 7.13. The van der Waals surface area contributed by atoms with E-state index in [0.717, 1.165) is 11.1 Å². The second-order valence-corrected chi connectivity index (χ2v) is 7.13. The first-order valence-corrected chi connectivity index (χ1v) is 9.91. The molecule has 3 aromatic rings. The molecule has 1 N–H and O–H groups in total. The molecule has 3 rings (SSSR count). The molecule has 1 heterocycles. The Morgan fingerprint density at radius 1 is 1.03 bits per heavy atom. The normalized spacial score (nSPS) is 11.5. The molecule has 0 spiro atoms. The fourth-order valence-corrected chi connectivity index (χ4v) is 3.08. The van der Waals surface area contributed by atoms with E-state index in [1.165, 1.54) is 6.26 Å². The van der Waals surface area contributed by atoms with Gasteiger partial charge in [0.1, 0.15) is 12.6 Å². The Labute approximate surface area is 181 Å². The minimum atomic E-state index is -0.696. The molecule has 1 aromatic heterocycles. The molecular weight excluding hydrogens is 396 g/mol. The molecule has 2 amide bonds. The average Bonchev–Trinajstić information content (AvgIpc) is 3.33. The molecular formula is C24H26N2O5. The highest BCUT2D eigenvalue weighted by Gasteiger charge is 2.21. The highest BCUT2D eigenvalue weighted by atomic mass is 16.5. The maximum atomic E-state index is 12.7. The van der Waals surface area contributed by atoms with Crippen LogP contribution < -0.4 is 14.8 Å². The van der Waals surface area contributed by atoms with Crippen molar-refractivity contribution in [2.45, 2.75) is 26.1 Å². The minimum absolute atomic E-state index is 0.165. The van der Waals surface area contributed by atoms with Gasteiger partial charge >= 0.3 is 0 Å². The van der Waals surface area contributed by atoms with Gasteiger partial charge in [-0.3, -0.25) is 9.59 Å². The summed E-state index contributed by atoms with van der Waals surface area (Å²) in [5.74, 6) is 0.735. The maximum Gasteiger partial charge on any atom is 0.287 e. The number of nitrogens with one attached hydrogen (secondary N) is 1. The number of nitrogens with zero attached hydrogens (tertiary/aromatic N) is 1. The first-order valence-electron chi connectivity index (χ1n) is 9.91. The number of carbonyl (C=O) groups excluding carboxylic acids is 2. The Kier molecular flexibility index (Phi) is 7.32. The Bertz CT molecular complexity index is 1000. The summed E-state index contributed by atoms with van der Waals surface area (Å²) < 4.78 is 16.4. The fraction of sp³-hybridized carbons (Fsp3) is 0.250. The van der Waals surface area contributed by atoms with Gasteiger partial charge in [-0.25, -0.2) is 0 Å². The number of rotatable bonds is 9. The number of hydrogen-bond acceptors (Lipinski definition) is 5. The van der Waals surface area contributed by atoms with Gasteiger partial charge in [0.2, 0.25) is 5.91 Å². The summed E-state index contributed by atoms with van der Waals surface area (Å²) in [6.07, 6.45) is 1.41. The zero-order chi connectivity index (χ0) is 22.2. The molecule has 0 aliphatic rings. The predicted molar refractivity (Wildman–Crippen MR) is 116 cm³/mol. The van der Waals surface area contributed by atoms with Crippen LogP contribution in [0.25, 0.3) is 0 Å². The Hall–Kier alpha value is -3.74. The van der Waals surface area contributed by atoms with E-state index in [2.05, 4.69) is 5.32 Å². The van der Waals surface area contributed by atoms with Crippen molar-refractivity contribution >= 4 is 11.8 Å². The molecule has 31 heavy (non-hydrogen) atoms. The van der Waals surface area contributed by atoms with Crippen LogP contribution in [0.2, 0.25) is 0 Å². The van der Waals surface area contributed by atoms with Crippen LogP contribution in [0, 0.1) is 0 Å². The molecule has 7 heteroatoms. The lowest BCUT2D eigenvalue weighted by Crippen LogP contribution is -2.45. The van der Waals surface area contributed by atoms with Crippen molar-refractivity contribution in [1.82, 2.24) is 10.2 Å². The number of likely N-dealkylation sites (N-methyl/N-ethyl adjacent to an activating group) is 1. The largest absolute Gasteiger partial charge is 0.493 e. The van der Waals surface area contributed by atoms with Crippen LogP contribution in [0.5, 0.6) is 11.5 Å². The summed E-state index contributed by atoms with van der Waals surface area (Å²) in [5.41, 5.74) is 1.94. The quantitative estimate of drug-likeness (QED) is 0.569. The zero-order valence-corrected chi connectivity index (χ0v) is 17.8. The van der Waals surface area contributed by atoms with Crippen molar-refractivity contribution in [3.8, 4) is 11.5 Å². The van der Waals surface area contributed by atoms with Gasteiger partial charge in [-0.1, -0.05) is 36.4 Å². The summed E-state index contributed by atoms with van der Waals surface area (Å²) in [4.78, 5) is 26.3. The zero-order valence-electron chi connectivity index (χ0n) is 17.8. The van der Waals surface area contributed by atoms with Gasteiger partial charge in [-0.05, 0) is 42.3 Å². The summed E-state index contributed by atoms with van der Waals surface area (Å²) in [7, 11) is 3.26. The highest BCUT2D eigenvalue weighted by molar-refractivity contribution is 5.95. The molecule has 0 fully saturated rings. The number of amides is 2. The van der Waals surface area contributed by atoms with Gasteiger partial charge in [-0.2, -0.15) is 0 Å². The standard InChI is InChI=1S/C24H26N2O5/c1-17(25-23(27)21-10-7-13-30-21)24(28)26(2)15-19-11-12-20(22(14-19)29-3)31-16-18-8-5-4-6-9-18/h4-14,17H,15-16H2,1-3H3,(H,25,27). The number of hydrogen-bond donors (Lipinski definition) is 1. The SMILES string of the molecule is COc1cc(CN(C)C(=O)C(C)NC(=O)c2ccco2)ccc1OCc1ccccc1. The molecule has 0 aliphatic carbocycles. The lowest BCUT2D eigenvalue weighted by molar-refractivity contribution is -0.132. The summed E-state index contributed by atoms with van der Waals surface area (Å²) >= 11 is 0. The summed E-state index contributed by atoms with van der Waals surface area (Å²) in [6, 6.07) is 17.9. The molecule has 0 saturated heterocycles. The molecule has 162 valence electrons. The van der Waals surface area contributed by atoms with Crippen molar-refractivity contribution in [2.24, 2.45) is 0 Å². The number of methoxy groups -OCH3 is 1. The van der Waals surface area contributed by atoms with E-state index >= 15 is 0 Å². The summed E-state index contributed by atoms with van der Waals surface area (Å²) in [6.45, 7) is 2.43. The second kappa shape index (κ2) is 10.3. The molecule has 1 unspecified atom stereocenters. The monoisotopic (exact) mass is 422 g/mol. The van der Waals surface area contributed by atoms with Crippen molar-refractivity contribution in [1.29, 1.82) is 0 Å². The van der Waals surface area contributed by atoms with Crippen LogP contribution in [-0.4, -0.2) is 36.9 Å². The smallest absolute Gasteiger partial charge is 0.287 e. The van der Waals surface area contributed by atoms with E-state index < -0.39 is 11.9 Å². The molecule has 7 nitrogen and oxygen atoms in total. The minimum Gasteiger partial charge on any atom is -0.493 e. The highest BCUT2D eigenvalue weighted by Crippen LogP contribution is 2.29. The first-order chi connectivity index (χ1) is 15.0. The van der Waals surface area contributed by atoms with Crippen LogP contribution in [0.1, 0.15) is 28.6 Å². The van der Waals surface area contributed by atoms with Crippen LogP contribution in [0.4, 0.5) is 0 Å². The molecule has 0 saturated carbocycles. The topological polar surface area (TPSA) is 81.0 Å². The maximum absolute atomic E-state index is 12.7. The van der Waals surface area contributed by atoms with Gasteiger partial charge in [0.15, 0.2) is 17.3 Å². The average molecular weight is 422 g/mol. The predicted octanol–water partition coefficient (Wildman–Crippen LogP) is 3.64. The molecule has 1 atom stereocenters. The number of ether oxygens (including phenoxy) is 2. The molecule has 0 radical (unpaired) electrons. The molecule has 0 aliphatic heterocycles. The number of benzene rings is 2. The van der Waals surface area contributed by atoms with Crippen molar-refractivity contribution in [3.63, 3.8) is 0 Å². The van der Waals surface area contributed by atoms with Crippen LogP contribution in [0.15, 0.2) is 71.3 Å². The van der Waals surface area contributed by atoms with Crippen molar-refractivity contribution < 1.29 is 23.5 Å². The van der Waals surface area contributed by atoms with Gasteiger partial charge in [0.05, 0.1) is 13.4 Å².